The van der Waals surface area contributed by atoms with Gasteiger partial charge in [0.1, 0.15) is 5.76 Å². The van der Waals surface area contributed by atoms with Gasteiger partial charge in [0.2, 0.25) is 5.91 Å². The van der Waals surface area contributed by atoms with Crippen LogP contribution in [0.5, 0.6) is 5.88 Å². The number of methoxy groups -OCH3 is 2. The Labute approximate surface area is 137 Å². The molecule has 6 nitrogen and oxygen atoms in total. The average molecular weight is 322 g/mol. The van der Waals surface area contributed by atoms with E-state index in [1.54, 1.807) is 20.3 Å². The van der Waals surface area contributed by atoms with Crippen molar-refractivity contribution in [1.29, 1.82) is 0 Å². The predicted molar refractivity (Wildman–Crippen MR) is 84.2 cm³/mol. The van der Waals surface area contributed by atoms with Gasteiger partial charge in [0.15, 0.2) is 0 Å². The highest BCUT2D eigenvalue weighted by molar-refractivity contribution is 5.77. The second-order valence-electron chi connectivity index (χ2n) is 6.98. The first-order valence-corrected chi connectivity index (χ1v) is 8.37. The molecule has 0 aromatic carbocycles. The molecule has 3 rings (SSSR count). The highest BCUT2D eigenvalue weighted by atomic mass is 16.5. The Kier molecular flexibility index (Phi) is 4.62. The molecule has 2 fully saturated rings. The van der Waals surface area contributed by atoms with Crippen LogP contribution in [0.1, 0.15) is 44.8 Å². The minimum absolute atomic E-state index is 0.198. The molecule has 1 aliphatic carbocycles. The van der Waals surface area contributed by atoms with Crippen LogP contribution in [0.2, 0.25) is 0 Å². The number of fused-ring (bicyclic) bond motifs is 1. The van der Waals surface area contributed by atoms with E-state index < -0.39 is 0 Å². The van der Waals surface area contributed by atoms with Crippen molar-refractivity contribution in [2.45, 2.75) is 57.6 Å². The number of carbonyl (C=O) groups excluding carboxylic acids is 1. The van der Waals surface area contributed by atoms with Crippen LogP contribution in [-0.2, 0) is 16.0 Å². The van der Waals surface area contributed by atoms with E-state index in [2.05, 4.69) is 17.0 Å². The van der Waals surface area contributed by atoms with Crippen molar-refractivity contribution in [3.8, 4) is 5.88 Å². The van der Waals surface area contributed by atoms with Crippen molar-refractivity contribution in [1.82, 2.24) is 10.1 Å². The van der Waals surface area contributed by atoms with Gasteiger partial charge in [-0.25, -0.2) is 0 Å². The van der Waals surface area contributed by atoms with Gasteiger partial charge in [0.05, 0.1) is 13.2 Å². The van der Waals surface area contributed by atoms with Gasteiger partial charge in [0, 0.05) is 38.6 Å². The van der Waals surface area contributed by atoms with Crippen LogP contribution in [0.3, 0.4) is 0 Å². The first-order chi connectivity index (χ1) is 11.1. The van der Waals surface area contributed by atoms with Crippen molar-refractivity contribution in [3.63, 3.8) is 0 Å². The summed E-state index contributed by atoms with van der Waals surface area (Å²) in [6.45, 7) is 3.16. The standard InChI is InChI=1S/C17H26N2O4/c1-17-8-9-19(14(17)6-4-13(11-17)21-2)16(20)7-5-12-10-15(22-3)18-23-12/h10,13-14H,4-9,11H2,1-3H3/t13-,14-,17+/m1/s1. The molecule has 2 aliphatic rings. The molecule has 2 heterocycles. The highest BCUT2D eigenvalue weighted by Crippen LogP contribution is 2.47. The highest BCUT2D eigenvalue weighted by Gasteiger charge is 2.48. The summed E-state index contributed by atoms with van der Waals surface area (Å²) in [6.07, 6.45) is 5.56. The summed E-state index contributed by atoms with van der Waals surface area (Å²) in [5.74, 6) is 1.37. The van der Waals surface area contributed by atoms with Crippen LogP contribution in [0, 0.1) is 5.41 Å². The van der Waals surface area contributed by atoms with Gasteiger partial charge in [-0.1, -0.05) is 6.92 Å². The minimum Gasteiger partial charge on any atom is -0.479 e. The summed E-state index contributed by atoms with van der Waals surface area (Å²) >= 11 is 0. The zero-order chi connectivity index (χ0) is 16.4. The Hall–Kier alpha value is -1.56. The summed E-state index contributed by atoms with van der Waals surface area (Å²) in [5.41, 5.74) is 0.198. The third-order valence-corrected chi connectivity index (χ3v) is 5.55. The van der Waals surface area contributed by atoms with E-state index in [9.17, 15) is 4.79 Å². The molecule has 23 heavy (non-hydrogen) atoms. The van der Waals surface area contributed by atoms with E-state index in [-0.39, 0.29) is 11.3 Å². The molecule has 0 N–H and O–H groups in total. The lowest BCUT2D eigenvalue weighted by Crippen LogP contribution is -2.46. The Bertz CT molecular complexity index is 559. The minimum atomic E-state index is 0.198. The Morgan fingerprint density at radius 1 is 1.48 bits per heavy atom. The number of hydrogen-bond acceptors (Lipinski definition) is 5. The van der Waals surface area contributed by atoms with Crippen molar-refractivity contribution < 1.29 is 18.8 Å². The molecule has 1 aromatic heterocycles. The lowest BCUT2D eigenvalue weighted by Gasteiger charge is -2.42. The van der Waals surface area contributed by atoms with Crippen LogP contribution < -0.4 is 4.74 Å². The van der Waals surface area contributed by atoms with Crippen molar-refractivity contribution >= 4 is 5.91 Å². The molecule has 0 unspecified atom stereocenters. The maximum atomic E-state index is 12.6. The maximum absolute atomic E-state index is 12.6. The smallest absolute Gasteiger partial charge is 0.254 e. The molecule has 0 radical (unpaired) electrons. The van der Waals surface area contributed by atoms with Gasteiger partial charge in [-0.05, 0) is 36.3 Å². The molecule has 128 valence electrons. The molecule has 1 aromatic rings. The van der Waals surface area contributed by atoms with E-state index in [0.717, 1.165) is 32.2 Å². The summed E-state index contributed by atoms with van der Waals surface area (Å²) in [7, 11) is 3.34. The fraction of sp³-hybridized carbons (Fsp3) is 0.765. The summed E-state index contributed by atoms with van der Waals surface area (Å²) in [6, 6.07) is 2.09. The average Bonchev–Trinajstić information content (AvgIpc) is 3.15. The fourth-order valence-electron chi connectivity index (χ4n) is 4.16. The molecule has 1 saturated heterocycles. The molecular weight excluding hydrogens is 296 g/mol. The first-order valence-electron chi connectivity index (χ1n) is 8.37. The number of ether oxygens (including phenoxy) is 2. The van der Waals surface area contributed by atoms with Gasteiger partial charge in [-0.2, -0.15) is 0 Å². The quantitative estimate of drug-likeness (QED) is 0.833. The van der Waals surface area contributed by atoms with Gasteiger partial charge in [0.25, 0.3) is 5.88 Å². The van der Waals surface area contributed by atoms with Gasteiger partial charge in [-0.15, -0.1) is 0 Å². The Balaban J connectivity index is 1.58. The van der Waals surface area contributed by atoms with Gasteiger partial charge in [-0.3, -0.25) is 4.79 Å². The number of nitrogens with zero attached hydrogens (tertiary/aromatic N) is 2. The van der Waals surface area contributed by atoms with Gasteiger partial charge >= 0.3 is 0 Å². The molecular formula is C17H26N2O4. The normalized spacial score (nSPS) is 30.3. The van der Waals surface area contributed by atoms with E-state index in [4.69, 9.17) is 14.0 Å². The Morgan fingerprint density at radius 3 is 3.00 bits per heavy atom. The zero-order valence-electron chi connectivity index (χ0n) is 14.2. The zero-order valence-corrected chi connectivity index (χ0v) is 14.2. The molecule has 6 heteroatoms. The number of rotatable bonds is 5. The van der Waals surface area contributed by atoms with Crippen LogP contribution in [0.15, 0.2) is 10.6 Å². The van der Waals surface area contributed by atoms with Crippen LogP contribution >= 0.6 is 0 Å². The number of hydrogen-bond donors (Lipinski definition) is 0. The van der Waals surface area contributed by atoms with E-state index >= 15 is 0 Å². The summed E-state index contributed by atoms with van der Waals surface area (Å²) in [5, 5.41) is 3.77. The predicted octanol–water partition coefficient (Wildman–Crippen LogP) is 2.42. The first kappa shape index (κ1) is 16.3. The largest absolute Gasteiger partial charge is 0.479 e. The lowest BCUT2D eigenvalue weighted by atomic mass is 9.71. The van der Waals surface area contributed by atoms with Crippen molar-refractivity contribution in [3.05, 3.63) is 11.8 Å². The number of amides is 1. The van der Waals surface area contributed by atoms with E-state index in [0.29, 0.717) is 36.6 Å². The van der Waals surface area contributed by atoms with E-state index in [1.165, 1.54) is 0 Å². The SMILES string of the molecule is COc1cc(CCC(=O)N2CC[C@@]3(C)C[C@H](OC)CC[C@@H]23)on1. The third-order valence-electron chi connectivity index (χ3n) is 5.55. The third kappa shape index (κ3) is 3.22. The molecule has 0 bridgehead atoms. The molecule has 1 saturated carbocycles. The molecule has 0 spiro atoms. The van der Waals surface area contributed by atoms with Gasteiger partial charge < -0.3 is 18.9 Å². The number of aromatic nitrogens is 1. The summed E-state index contributed by atoms with van der Waals surface area (Å²) < 4.78 is 15.7. The molecule has 1 amide bonds. The summed E-state index contributed by atoms with van der Waals surface area (Å²) in [4.78, 5) is 14.7. The molecule has 3 atom stereocenters. The number of likely N-dealkylation sites (tertiary alicyclic amines) is 1. The second-order valence-corrected chi connectivity index (χ2v) is 6.98. The monoisotopic (exact) mass is 322 g/mol. The number of aryl methyl sites for hydroxylation is 1. The van der Waals surface area contributed by atoms with Crippen LogP contribution in [0.25, 0.3) is 0 Å². The number of carbonyl (C=O) groups is 1. The fourth-order valence-corrected chi connectivity index (χ4v) is 4.16. The second kappa shape index (κ2) is 6.51. The van der Waals surface area contributed by atoms with Crippen LogP contribution in [-0.4, -0.2) is 48.9 Å². The Morgan fingerprint density at radius 2 is 2.30 bits per heavy atom. The maximum Gasteiger partial charge on any atom is 0.254 e. The topological polar surface area (TPSA) is 64.8 Å². The van der Waals surface area contributed by atoms with Crippen molar-refractivity contribution in [2.24, 2.45) is 5.41 Å². The van der Waals surface area contributed by atoms with Crippen molar-refractivity contribution in [2.75, 3.05) is 20.8 Å². The molecule has 1 aliphatic heterocycles. The van der Waals surface area contributed by atoms with Crippen LogP contribution in [0.4, 0.5) is 0 Å². The van der Waals surface area contributed by atoms with E-state index in [1.807, 2.05) is 0 Å². The lowest BCUT2D eigenvalue weighted by molar-refractivity contribution is -0.134.